The molecule has 4 aromatic rings. The molecule has 7 rings (SSSR count). The number of nitrogens with one attached hydrogen (secondary N) is 3. The van der Waals surface area contributed by atoms with E-state index in [1.54, 1.807) is 6.07 Å². The van der Waals surface area contributed by atoms with Crippen LogP contribution in [0.2, 0.25) is 0 Å². The summed E-state index contributed by atoms with van der Waals surface area (Å²) < 4.78 is 0. The van der Waals surface area contributed by atoms with Crippen LogP contribution in [0.15, 0.2) is 72.9 Å². The first-order valence-corrected chi connectivity index (χ1v) is 12.6. The Morgan fingerprint density at radius 1 is 0.892 bits per heavy atom. The summed E-state index contributed by atoms with van der Waals surface area (Å²) in [5.41, 5.74) is 4.66. The molecular weight excluding hydrogens is 464 g/mol. The molecule has 184 valence electrons. The average Bonchev–Trinajstić information content (AvgIpc) is 3.58. The number of amides is 3. The SMILES string of the molecule is Cc1cccc(N2C(=O)[C@@H]3[C@H](Cc4c[nH]c5ccccc45)N[C@]4(C(=O)Nc5ccc(C)cc54)[C@@H]3C2=O)c1. The van der Waals surface area contributed by atoms with Crippen molar-refractivity contribution in [2.75, 3.05) is 10.2 Å². The molecule has 3 aliphatic heterocycles. The highest BCUT2D eigenvalue weighted by Crippen LogP contribution is 2.54. The molecule has 1 spiro atoms. The molecule has 2 saturated heterocycles. The van der Waals surface area contributed by atoms with Gasteiger partial charge < -0.3 is 10.3 Å². The van der Waals surface area contributed by atoms with Gasteiger partial charge in [-0.05, 0) is 55.7 Å². The second-order valence-corrected chi connectivity index (χ2v) is 10.5. The fourth-order valence-corrected chi connectivity index (χ4v) is 6.65. The molecule has 0 aliphatic carbocycles. The second kappa shape index (κ2) is 7.63. The lowest BCUT2D eigenvalue weighted by atomic mass is 9.76. The smallest absolute Gasteiger partial charge is 0.250 e. The van der Waals surface area contributed by atoms with Crippen LogP contribution in [0.1, 0.15) is 22.3 Å². The largest absolute Gasteiger partial charge is 0.361 e. The summed E-state index contributed by atoms with van der Waals surface area (Å²) in [6.07, 6.45) is 2.46. The molecular formula is C30H26N4O3. The normalized spacial score (nSPS) is 26.3. The highest BCUT2D eigenvalue weighted by molar-refractivity contribution is 6.25. The highest BCUT2D eigenvalue weighted by Gasteiger charge is 2.70. The summed E-state index contributed by atoms with van der Waals surface area (Å²) in [6, 6.07) is 20.8. The number of hydrogen-bond acceptors (Lipinski definition) is 4. The zero-order valence-electron chi connectivity index (χ0n) is 20.5. The van der Waals surface area contributed by atoms with Gasteiger partial charge in [-0.25, -0.2) is 4.90 Å². The van der Waals surface area contributed by atoms with Crippen LogP contribution in [-0.4, -0.2) is 28.7 Å². The van der Waals surface area contributed by atoms with Crippen LogP contribution in [-0.2, 0) is 26.3 Å². The number of hydrogen-bond donors (Lipinski definition) is 3. The molecule has 37 heavy (non-hydrogen) atoms. The minimum Gasteiger partial charge on any atom is -0.361 e. The van der Waals surface area contributed by atoms with Gasteiger partial charge >= 0.3 is 0 Å². The first kappa shape index (κ1) is 22.0. The summed E-state index contributed by atoms with van der Waals surface area (Å²) in [4.78, 5) is 46.6. The second-order valence-electron chi connectivity index (χ2n) is 10.5. The van der Waals surface area contributed by atoms with Gasteiger partial charge in [0.15, 0.2) is 0 Å². The van der Waals surface area contributed by atoms with E-state index in [-0.39, 0.29) is 17.7 Å². The molecule has 2 fully saturated rings. The van der Waals surface area contributed by atoms with Crippen molar-refractivity contribution in [3.05, 3.63) is 95.2 Å². The monoisotopic (exact) mass is 490 g/mol. The summed E-state index contributed by atoms with van der Waals surface area (Å²) in [7, 11) is 0. The Hall–Kier alpha value is -4.23. The maximum Gasteiger partial charge on any atom is 0.250 e. The number of fused-ring (bicyclic) bond motifs is 5. The van der Waals surface area contributed by atoms with Crippen LogP contribution in [0.3, 0.4) is 0 Å². The number of carbonyl (C=O) groups is 3. The number of rotatable bonds is 3. The molecule has 0 unspecified atom stereocenters. The van der Waals surface area contributed by atoms with E-state index < -0.39 is 23.4 Å². The van der Waals surface area contributed by atoms with Crippen LogP contribution in [0.4, 0.5) is 11.4 Å². The van der Waals surface area contributed by atoms with Gasteiger partial charge in [0.25, 0.3) is 0 Å². The van der Waals surface area contributed by atoms with E-state index in [2.05, 4.69) is 15.6 Å². The van der Waals surface area contributed by atoms with E-state index in [9.17, 15) is 14.4 Å². The van der Waals surface area contributed by atoms with Crippen molar-refractivity contribution in [3.63, 3.8) is 0 Å². The number of nitrogens with zero attached hydrogens (tertiary/aromatic N) is 1. The van der Waals surface area contributed by atoms with E-state index in [1.165, 1.54) is 4.90 Å². The Balaban J connectivity index is 1.39. The van der Waals surface area contributed by atoms with Crippen LogP contribution in [0.5, 0.6) is 0 Å². The van der Waals surface area contributed by atoms with Crippen LogP contribution in [0.25, 0.3) is 10.9 Å². The number of imide groups is 1. The Labute approximate surface area is 213 Å². The van der Waals surface area contributed by atoms with Crippen molar-refractivity contribution in [2.24, 2.45) is 11.8 Å². The standard InChI is InChI=1S/C30H26N4O3/c1-16-6-5-7-19(12-16)34-27(35)25-24(14-18-15-31-22-9-4-3-8-20(18)22)33-30(26(25)28(34)36)21-13-17(2)10-11-23(21)32-29(30)37/h3-13,15,24-26,31,33H,14H2,1-2H3,(H,32,37)/t24-,25+,26-,30-/m0/s1. The van der Waals surface area contributed by atoms with Gasteiger partial charge in [0, 0.05) is 34.4 Å². The molecule has 4 atom stereocenters. The van der Waals surface area contributed by atoms with E-state index in [4.69, 9.17) is 0 Å². The predicted molar refractivity (Wildman–Crippen MR) is 141 cm³/mol. The molecule has 3 amide bonds. The van der Waals surface area contributed by atoms with E-state index in [0.29, 0.717) is 17.8 Å². The molecule has 3 N–H and O–H groups in total. The van der Waals surface area contributed by atoms with E-state index in [0.717, 1.165) is 33.2 Å². The van der Waals surface area contributed by atoms with Gasteiger partial charge in [0.05, 0.1) is 17.5 Å². The number of anilines is 2. The molecule has 0 saturated carbocycles. The molecule has 0 bridgehead atoms. The fourth-order valence-electron chi connectivity index (χ4n) is 6.65. The average molecular weight is 491 g/mol. The Morgan fingerprint density at radius 3 is 2.54 bits per heavy atom. The third-order valence-corrected chi connectivity index (χ3v) is 8.25. The molecule has 0 radical (unpaired) electrons. The summed E-state index contributed by atoms with van der Waals surface area (Å²) in [5, 5.41) is 7.61. The van der Waals surface area contributed by atoms with Crippen molar-refractivity contribution in [2.45, 2.75) is 31.8 Å². The maximum absolute atomic E-state index is 14.1. The van der Waals surface area contributed by atoms with Crippen molar-refractivity contribution >= 4 is 40.0 Å². The molecule has 1 aromatic heterocycles. The lowest BCUT2D eigenvalue weighted by Crippen LogP contribution is -2.53. The van der Waals surface area contributed by atoms with Gasteiger partial charge in [0.2, 0.25) is 17.7 Å². The van der Waals surface area contributed by atoms with Crippen molar-refractivity contribution in [1.82, 2.24) is 10.3 Å². The summed E-state index contributed by atoms with van der Waals surface area (Å²) in [5.74, 6) is -2.41. The topological polar surface area (TPSA) is 94.3 Å². The Kier molecular flexibility index (Phi) is 4.54. The van der Waals surface area contributed by atoms with Crippen molar-refractivity contribution in [3.8, 4) is 0 Å². The quantitative estimate of drug-likeness (QED) is 0.379. The molecule has 7 heteroatoms. The van der Waals surface area contributed by atoms with Crippen LogP contribution in [0, 0.1) is 25.7 Å². The van der Waals surface area contributed by atoms with Crippen LogP contribution < -0.4 is 15.5 Å². The van der Waals surface area contributed by atoms with E-state index >= 15 is 0 Å². The molecule has 7 nitrogen and oxygen atoms in total. The summed E-state index contributed by atoms with van der Waals surface area (Å²) in [6.45, 7) is 3.90. The van der Waals surface area contributed by atoms with Gasteiger partial charge in [-0.2, -0.15) is 0 Å². The van der Waals surface area contributed by atoms with Crippen molar-refractivity contribution in [1.29, 1.82) is 0 Å². The van der Waals surface area contributed by atoms with Gasteiger partial charge in [-0.1, -0.05) is 48.0 Å². The zero-order chi connectivity index (χ0) is 25.5. The van der Waals surface area contributed by atoms with Gasteiger partial charge in [-0.3, -0.25) is 19.7 Å². The minimum absolute atomic E-state index is 0.260. The lowest BCUT2D eigenvalue weighted by molar-refractivity contribution is -0.130. The van der Waals surface area contributed by atoms with Crippen molar-refractivity contribution < 1.29 is 14.4 Å². The third kappa shape index (κ3) is 2.95. The Bertz CT molecular complexity index is 1640. The first-order valence-electron chi connectivity index (χ1n) is 12.6. The summed E-state index contributed by atoms with van der Waals surface area (Å²) >= 11 is 0. The number of benzene rings is 3. The lowest BCUT2D eigenvalue weighted by Gasteiger charge is -2.29. The number of carbonyl (C=O) groups excluding carboxylic acids is 3. The highest BCUT2D eigenvalue weighted by atomic mass is 16.2. The Morgan fingerprint density at radius 2 is 1.70 bits per heavy atom. The predicted octanol–water partition coefficient (Wildman–Crippen LogP) is 3.95. The number of aromatic nitrogens is 1. The third-order valence-electron chi connectivity index (χ3n) is 8.25. The fraction of sp³-hybridized carbons (Fsp3) is 0.233. The van der Waals surface area contributed by atoms with Crippen LogP contribution >= 0.6 is 0 Å². The minimum atomic E-state index is -1.31. The number of aromatic amines is 1. The maximum atomic E-state index is 14.1. The first-order chi connectivity index (χ1) is 17.9. The number of H-pyrrole nitrogens is 1. The molecule has 4 heterocycles. The number of aryl methyl sites for hydroxylation is 2. The van der Waals surface area contributed by atoms with Gasteiger partial charge in [-0.15, -0.1) is 0 Å². The zero-order valence-corrected chi connectivity index (χ0v) is 20.5. The molecule has 3 aliphatic rings. The van der Waals surface area contributed by atoms with E-state index in [1.807, 2.05) is 80.7 Å². The number of para-hydroxylation sites is 1. The van der Waals surface area contributed by atoms with Gasteiger partial charge in [0.1, 0.15) is 5.54 Å². The molecule has 3 aromatic carbocycles.